The SMILES string of the molecule is NC(c1cnccn1)c1cnn2ccncc12. The maximum absolute atomic E-state index is 6.14. The van der Waals surface area contributed by atoms with Crippen LogP contribution >= 0.6 is 0 Å². The van der Waals surface area contributed by atoms with E-state index < -0.39 is 0 Å². The van der Waals surface area contributed by atoms with Crippen LogP contribution in [0.3, 0.4) is 0 Å². The van der Waals surface area contributed by atoms with Gasteiger partial charge in [0.2, 0.25) is 0 Å². The standard InChI is InChI=1S/C11H10N6/c12-11(9-6-13-1-2-15-9)8-5-16-17-4-3-14-7-10(8)17/h1-7,11H,12H2. The molecule has 84 valence electrons. The van der Waals surface area contributed by atoms with Crippen molar-refractivity contribution in [3.05, 3.63) is 54.6 Å². The summed E-state index contributed by atoms with van der Waals surface area (Å²) in [4.78, 5) is 12.3. The summed E-state index contributed by atoms with van der Waals surface area (Å²) in [5.74, 6) is 0. The van der Waals surface area contributed by atoms with Crippen molar-refractivity contribution in [3.8, 4) is 0 Å². The molecule has 3 rings (SSSR count). The molecule has 0 radical (unpaired) electrons. The molecule has 0 aliphatic rings. The van der Waals surface area contributed by atoms with Crippen LogP contribution in [0.15, 0.2) is 43.4 Å². The number of hydrogen-bond donors (Lipinski definition) is 1. The lowest BCUT2D eigenvalue weighted by atomic mass is 10.1. The molecule has 0 aromatic carbocycles. The molecule has 6 heteroatoms. The third-order valence-corrected chi connectivity index (χ3v) is 2.59. The van der Waals surface area contributed by atoms with E-state index in [1.807, 2.05) is 0 Å². The van der Waals surface area contributed by atoms with Crippen LogP contribution < -0.4 is 5.73 Å². The maximum Gasteiger partial charge on any atom is 0.0896 e. The maximum atomic E-state index is 6.14. The minimum absolute atomic E-state index is 0.342. The smallest absolute Gasteiger partial charge is 0.0896 e. The minimum atomic E-state index is -0.342. The molecule has 0 aliphatic carbocycles. The largest absolute Gasteiger partial charge is 0.319 e. The second-order valence-electron chi connectivity index (χ2n) is 3.61. The van der Waals surface area contributed by atoms with Gasteiger partial charge in [0.1, 0.15) is 0 Å². The van der Waals surface area contributed by atoms with E-state index >= 15 is 0 Å². The van der Waals surface area contributed by atoms with Gasteiger partial charge in [-0.2, -0.15) is 5.10 Å². The second kappa shape index (κ2) is 3.91. The molecule has 17 heavy (non-hydrogen) atoms. The molecule has 3 heterocycles. The summed E-state index contributed by atoms with van der Waals surface area (Å²) < 4.78 is 1.73. The number of nitrogens with zero attached hydrogens (tertiary/aromatic N) is 5. The Morgan fingerprint density at radius 1 is 1.06 bits per heavy atom. The van der Waals surface area contributed by atoms with Crippen molar-refractivity contribution in [1.82, 2.24) is 24.6 Å². The first-order valence-electron chi connectivity index (χ1n) is 5.15. The highest BCUT2D eigenvalue weighted by Gasteiger charge is 2.15. The first kappa shape index (κ1) is 9.86. The van der Waals surface area contributed by atoms with Gasteiger partial charge < -0.3 is 5.73 Å². The van der Waals surface area contributed by atoms with Crippen molar-refractivity contribution in [2.24, 2.45) is 5.73 Å². The van der Waals surface area contributed by atoms with Crippen LogP contribution in [0.4, 0.5) is 0 Å². The molecule has 2 N–H and O–H groups in total. The number of nitrogens with two attached hydrogens (primary N) is 1. The fourth-order valence-corrected chi connectivity index (χ4v) is 1.72. The van der Waals surface area contributed by atoms with Crippen LogP contribution in [-0.4, -0.2) is 24.6 Å². The van der Waals surface area contributed by atoms with Crippen molar-refractivity contribution in [2.45, 2.75) is 6.04 Å². The molecule has 0 amide bonds. The zero-order valence-corrected chi connectivity index (χ0v) is 8.93. The van der Waals surface area contributed by atoms with E-state index in [2.05, 4.69) is 20.1 Å². The predicted molar refractivity (Wildman–Crippen MR) is 61.0 cm³/mol. The lowest BCUT2D eigenvalue weighted by Crippen LogP contribution is -2.13. The summed E-state index contributed by atoms with van der Waals surface area (Å²) in [6, 6.07) is -0.342. The van der Waals surface area contributed by atoms with Crippen molar-refractivity contribution < 1.29 is 0 Å². The fourth-order valence-electron chi connectivity index (χ4n) is 1.72. The second-order valence-corrected chi connectivity index (χ2v) is 3.61. The van der Waals surface area contributed by atoms with Crippen LogP contribution in [-0.2, 0) is 0 Å². The van der Waals surface area contributed by atoms with E-state index in [0.717, 1.165) is 11.1 Å². The molecule has 0 saturated carbocycles. The highest BCUT2D eigenvalue weighted by molar-refractivity contribution is 5.54. The summed E-state index contributed by atoms with van der Waals surface area (Å²) in [6.45, 7) is 0. The molecule has 3 aromatic rings. The summed E-state index contributed by atoms with van der Waals surface area (Å²) >= 11 is 0. The highest BCUT2D eigenvalue weighted by atomic mass is 15.2. The quantitative estimate of drug-likeness (QED) is 0.690. The van der Waals surface area contributed by atoms with E-state index in [-0.39, 0.29) is 6.04 Å². The highest BCUT2D eigenvalue weighted by Crippen LogP contribution is 2.20. The van der Waals surface area contributed by atoms with Crippen molar-refractivity contribution in [1.29, 1.82) is 0 Å². The third-order valence-electron chi connectivity index (χ3n) is 2.59. The molecule has 1 unspecified atom stereocenters. The number of aromatic nitrogens is 5. The first-order chi connectivity index (χ1) is 8.36. The molecule has 0 spiro atoms. The predicted octanol–water partition coefficient (Wildman–Crippen LogP) is 0.567. The van der Waals surface area contributed by atoms with Gasteiger partial charge in [0.15, 0.2) is 0 Å². The van der Waals surface area contributed by atoms with Gasteiger partial charge in [0, 0.05) is 30.4 Å². The van der Waals surface area contributed by atoms with E-state index in [1.165, 1.54) is 0 Å². The van der Waals surface area contributed by atoms with Crippen LogP contribution in [0, 0.1) is 0 Å². The average molecular weight is 226 g/mol. The van der Waals surface area contributed by atoms with Gasteiger partial charge in [0.25, 0.3) is 0 Å². The van der Waals surface area contributed by atoms with Crippen LogP contribution in [0.2, 0.25) is 0 Å². The normalized spacial score (nSPS) is 12.8. The molecule has 3 aromatic heterocycles. The van der Waals surface area contributed by atoms with E-state index in [1.54, 1.807) is 47.9 Å². The van der Waals surface area contributed by atoms with E-state index in [4.69, 9.17) is 5.73 Å². The monoisotopic (exact) mass is 226 g/mol. The van der Waals surface area contributed by atoms with Gasteiger partial charge >= 0.3 is 0 Å². The van der Waals surface area contributed by atoms with E-state index in [9.17, 15) is 0 Å². The topological polar surface area (TPSA) is 82.0 Å². The van der Waals surface area contributed by atoms with E-state index in [0.29, 0.717) is 5.69 Å². The number of rotatable bonds is 2. The minimum Gasteiger partial charge on any atom is -0.319 e. The summed E-state index contributed by atoms with van der Waals surface area (Å²) in [6.07, 6.45) is 11.8. The van der Waals surface area contributed by atoms with Gasteiger partial charge in [-0.1, -0.05) is 0 Å². The lowest BCUT2D eigenvalue weighted by molar-refractivity contribution is 0.824. The van der Waals surface area contributed by atoms with Crippen LogP contribution in [0.5, 0.6) is 0 Å². The van der Waals surface area contributed by atoms with Gasteiger partial charge in [0.05, 0.1) is 35.8 Å². The third kappa shape index (κ3) is 1.64. The summed E-state index contributed by atoms with van der Waals surface area (Å²) in [5.41, 5.74) is 8.63. The van der Waals surface area contributed by atoms with Gasteiger partial charge in [-0.3, -0.25) is 15.0 Å². The zero-order valence-electron chi connectivity index (χ0n) is 8.93. The molecule has 6 nitrogen and oxygen atoms in total. The number of hydrogen-bond acceptors (Lipinski definition) is 5. The van der Waals surface area contributed by atoms with Crippen molar-refractivity contribution in [3.63, 3.8) is 0 Å². The average Bonchev–Trinajstić information content (AvgIpc) is 2.83. The molecule has 0 bridgehead atoms. The van der Waals surface area contributed by atoms with Crippen molar-refractivity contribution >= 4 is 5.52 Å². The van der Waals surface area contributed by atoms with Crippen LogP contribution in [0.1, 0.15) is 17.3 Å². The molecule has 0 aliphatic heterocycles. The lowest BCUT2D eigenvalue weighted by Gasteiger charge is -2.08. The Balaban J connectivity index is 2.10. The number of fused-ring (bicyclic) bond motifs is 1. The molecule has 0 fully saturated rings. The Bertz CT molecular complexity index is 633. The van der Waals surface area contributed by atoms with Gasteiger partial charge in [-0.25, -0.2) is 4.52 Å². The molecular formula is C11H10N6. The first-order valence-corrected chi connectivity index (χ1v) is 5.15. The Kier molecular flexibility index (Phi) is 2.27. The zero-order chi connectivity index (χ0) is 11.7. The van der Waals surface area contributed by atoms with Crippen LogP contribution in [0.25, 0.3) is 5.52 Å². The Morgan fingerprint density at radius 2 is 1.94 bits per heavy atom. The van der Waals surface area contributed by atoms with Crippen molar-refractivity contribution in [2.75, 3.05) is 0 Å². The summed E-state index contributed by atoms with van der Waals surface area (Å²) in [5, 5.41) is 4.21. The molecule has 1 atom stereocenters. The van der Waals surface area contributed by atoms with Gasteiger partial charge in [-0.15, -0.1) is 0 Å². The van der Waals surface area contributed by atoms with Gasteiger partial charge in [-0.05, 0) is 0 Å². The Labute approximate surface area is 97.2 Å². The summed E-state index contributed by atoms with van der Waals surface area (Å²) in [7, 11) is 0. The molecular weight excluding hydrogens is 216 g/mol. The molecule has 0 saturated heterocycles. The Morgan fingerprint density at radius 3 is 2.76 bits per heavy atom. The Hall–Kier alpha value is -2.34. The fraction of sp³-hybridized carbons (Fsp3) is 0.0909.